The SMILES string of the molecule is O=C1CC(C(F)(F)F)N(C(=O)CN2CCN(C(=O)c3ccccc3F)CC2)c2ccccc2N1. The van der Waals surface area contributed by atoms with E-state index >= 15 is 0 Å². The summed E-state index contributed by atoms with van der Waals surface area (Å²) in [6.07, 6.45) is -5.72. The molecule has 0 saturated carbocycles. The molecule has 2 aliphatic heterocycles. The Morgan fingerprint density at radius 3 is 2.29 bits per heavy atom. The molecule has 1 atom stereocenters. The van der Waals surface area contributed by atoms with Crippen molar-refractivity contribution in [2.75, 3.05) is 42.9 Å². The van der Waals surface area contributed by atoms with Crippen LogP contribution in [0.4, 0.5) is 28.9 Å². The molecule has 4 rings (SSSR count). The van der Waals surface area contributed by atoms with Crippen LogP contribution in [0.5, 0.6) is 0 Å². The summed E-state index contributed by atoms with van der Waals surface area (Å²) in [6, 6.07) is 9.18. The molecule has 1 unspecified atom stereocenters. The normalized spacial score (nSPS) is 19.3. The molecule has 3 amide bonds. The van der Waals surface area contributed by atoms with Gasteiger partial charge in [0.05, 0.1) is 29.9 Å². The zero-order valence-electron chi connectivity index (χ0n) is 18.0. The van der Waals surface area contributed by atoms with Crippen LogP contribution in [0.1, 0.15) is 16.8 Å². The van der Waals surface area contributed by atoms with Crippen molar-refractivity contribution in [1.29, 1.82) is 0 Å². The monoisotopic (exact) mass is 478 g/mol. The third kappa shape index (κ3) is 4.89. The number of rotatable bonds is 3. The lowest BCUT2D eigenvalue weighted by molar-refractivity contribution is -0.158. The van der Waals surface area contributed by atoms with E-state index in [2.05, 4.69) is 5.32 Å². The zero-order valence-corrected chi connectivity index (χ0v) is 18.0. The molecule has 0 aliphatic carbocycles. The van der Waals surface area contributed by atoms with Gasteiger partial charge in [0.1, 0.15) is 11.9 Å². The maximum Gasteiger partial charge on any atom is 0.409 e. The van der Waals surface area contributed by atoms with Gasteiger partial charge in [-0.2, -0.15) is 13.2 Å². The van der Waals surface area contributed by atoms with Crippen LogP contribution in [0.15, 0.2) is 48.5 Å². The van der Waals surface area contributed by atoms with E-state index in [1.807, 2.05) is 0 Å². The molecule has 1 fully saturated rings. The van der Waals surface area contributed by atoms with Gasteiger partial charge in [0.15, 0.2) is 0 Å². The largest absolute Gasteiger partial charge is 0.409 e. The van der Waals surface area contributed by atoms with Gasteiger partial charge < -0.3 is 10.2 Å². The number of alkyl halides is 3. The van der Waals surface area contributed by atoms with Crippen molar-refractivity contribution in [3.05, 3.63) is 59.9 Å². The van der Waals surface area contributed by atoms with Crippen molar-refractivity contribution in [2.45, 2.75) is 18.6 Å². The van der Waals surface area contributed by atoms with Gasteiger partial charge in [0.2, 0.25) is 11.8 Å². The second kappa shape index (κ2) is 9.41. The van der Waals surface area contributed by atoms with Gasteiger partial charge in [-0.15, -0.1) is 0 Å². The molecule has 0 aromatic heterocycles. The minimum absolute atomic E-state index is 0.0194. The highest BCUT2D eigenvalue weighted by molar-refractivity contribution is 6.05. The molecule has 2 heterocycles. The first kappa shape index (κ1) is 23.7. The molecule has 34 heavy (non-hydrogen) atoms. The number of hydrogen-bond donors (Lipinski definition) is 1. The minimum Gasteiger partial charge on any atom is -0.336 e. The molecule has 2 aromatic carbocycles. The fraction of sp³-hybridized carbons (Fsp3) is 0.348. The van der Waals surface area contributed by atoms with Crippen LogP contribution in [0, 0.1) is 5.82 Å². The van der Waals surface area contributed by atoms with Crippen molar-refractivity contribution >= 4 is 29.1 Å². The summed E-state index contributed by atoms with van der Waals surface area (Å²) in [4.78, 5) is 41.5. The van der Waals surface area contributed by atoms with Gasteiger partial charge in [-0.3, -0.25) is 24.2 Å². The number of nitrogens with one attached hydrogen (secondary N) is 1. The summed E-state index contributed by atoms with van der Waals surface area (Å²) < 4.78 is 55.5. The Morgan fingerprint density at radius 1 is 0.971 bits per heavy atom. The van der Waals surface area contributed by atoms with Crippen LogP contribution >= 0.6 is 0 Å². The van der Waals surface area contributed by atoms with Crippen LogP contribution < -0.4 is 10.2 Å². The number of fused-ring (bicyclic) bond motifs is 1. The lowest BCUT2D eigenvalue weighted by Gasteiger charge is -2.37. The molecule has 7 nitrogen and oxygen atoms in total. The molecule has 1 saturated heterocycles. The predicted octanol–water partition coefficient (Wildman–Crippen LogP) is 2.89. The second-order valence-electron chi connectivity index (χ2n) is 8.14. The summed E-state index contributed by atoms with van der Waals surface area (Å²) in [6.45, 7) is 0.529. The molecule has 11 heteroatoms. The topological polar surface area (TPSA) is 73.0 Å². The first-order chi connectivity index (χ1) is 16.1. The molecule has 180 valence electrons. The van der Waals surface area contributed by atoms with Crippen LogP contribution in [-0.4, -0.2) is 72.5 Å². The number of nitrogens with zero attached hydrogens (tertiary/aromatic N) is 3. The number of para-hydroxylation sites is 2. The maximum absolute atomic E-state index is 13.9. The fourth-order valence-electron chi connectivity index (χ4n) is 4.18. The van der Waals surface area contributed by atoms with Crippen LogP contribution in [0.2, 0.25) is 0 Å². The summed E-state index contributed by atoms with van der Waals surface area (Å²) in [7, 11) is 0. The minimum atomic E-state index is -4.81. The Bertz CT molecular complexity index is 1100. The van der Waals surface area contributed by atoms with E-state index in [9.17, 15) is 31.9 Å². The molecule has 0 spiro atoms. The average Bonchev–Trinajstić information content (AvgIpc) is 2.95. The van der Waals surface area contributed by atoms with Crippen molar-refractivity contribution < 1.29 is 31.9 Å². The smallest absolute Gasteiger partial charge is 0.336 e. The Hall–Kier alpha value is -3.47. The number of halogens is 4. The number of amides is 3. The van der Waals surface area contributed by atoms with Crippen LogP contribution in [0.25, 0.3) is 0 Å². The number of benzene rings is 2. The first-order valence-electron chi connectivity index (χ1n) is 10.7. The summed E-state index contributed by atoms with van der Waals surface area (Å²) in [5.41, 5.74) is 0.0559. The predicted molar refractivity (Wildman–Crippen MR) is 116 cm³/mol. The van der Waals surface area contributed by atoms with E-state index < -0.39 is 42.2 Å². The van der Waals surface area contributed by atoms with E-state index in [0.29, 0.717) is 4.90 Å². The van der Waals surface area contributed by atoms with Crippen molar-refractivity contribution in [3.8, 4) is 0 Å². The van der Waals surface area contributed by atoms with E-state index in [1.165, 1.54) is 41.3 Å². The summed E-state index contributed by atoms with van der Waals surface area (Å²) in [5.74, 6) is -2.75. The van der Waals surface area contributed by atoms with Crippen molar-refractivity contribution in [2.24, 2.45) is 0 Å². The molecule has 2 aromatic rings. The molecule has 2 aliphatic rings. The third-order valence-electron chi connectivity index (χ3n) is 5.90. The lowest BCUT2D eigenvalue weighted by atomic mass is 10.1. The van der Waals surface area contributed by atoms with Gasteiger partial charge in [-0.25, -0.2) is 4.39 Å². The van der Waals surface area contributed by atoms with Crippen LogP contribution in [-0.2, 0) is 9.59 Å². The highest BCUT2D eigenvalue weighted by Gasteiger charge is 2.49. The van der Waals surface area contributed by atoms with Gasteiger partial charge in [-0.05, 0) is 24.3 Å². The molecular weight excluding hydrogens is 456 g/mol. The number of piperazine rings is 1. The first-order valence-corrected chi connectivity index (χ1v) is 10.7. The molecule has 1 N–H and O–H groups in total. The van der Waals surface area contributed by atoms with E-state index in [-0.39, 0.29) is 49.7 Å². The summed E-state index contributed by atoms with van der Waals surface area (Å²) in [5, 5.41) is 2.43. The number of carbonyl (C=O) groups is 3. The Morgan fingerprint density at radius 2 is 1.62 bits per heavy atom. The molecule has 0 bridgehead atoms. The maximum atomic E-state index is 13.9. The molecule has 0 radical (unpaired) electrons. The highest BCUT2D eigenvalue weighted by atomic mass is 19.4. The standard InChI is InChI=1S/C23H22F4N4O3/c24-16-6-2-1-5-15(16)22(34)30-11-9-29(10-12-30)14-21(33)31-18-8-4-3-7-17(18)28-20(32)13-19(31)23(25,26)27/h1-8,19H,9-14H2,(H,28,32). The Balaban J connectivity index is 1.48. The van der Waals surface area contributed by atoms with Crippen molar-refractivity contribution in [1.82, 2.24) is 9.80 Å². The van der Waals surface area contributed by atoms with Gasteiger partial charge >= 0.3 is 6.18 Å². The van der Waals surface area contributed by atoms with Crippen LogP contribution in [0.3, 0.4) is 0 Å². The Labute approximate surface area is 192 Å². The van der Waals surface area contributed by atoms with Gasteiger partial charge in [0, 0.05) is 26.2 Å². The van der Waals surface area contributed by atoms with E-state index in [1.54, 1.807) is 17.0 Å². The average molecular weight is 478 g/mol. The molecular formula is C23H22F4N4O3. The number of carbonyl (C=O) groups excluding carboxylic acids is 3. The van der Waals surface area contributed by atoms with E-state index in [4.69, 9.17) is 0 Å². The fourth-order valence-corrected chi connectivity index (χ4v) is 4.18. The van der Waals surface area contributed by atoms with E-state index in [0.717, 1.165) is 0 Å². The lowest BCUT2D eigenvalue weighted by Crippen LogP contribution is -2.55. The Kier molecular flexibility index (Phi) is 6.56. The van der Waals surface area contributed by atoms with Crippen molar-refractivity contribution in [3.63, 3.8) is 0 Å². The van der Waals surface area contributed by atoms with Gasteiger partial charge in [0.25, 0.3) is 5.91 Å². The zero-order chi connectivity index (χ0) is 24.5. The number of anilines is 2. The summed E-state index contributed by atoms with van der Waals surface area (Å²) >= 11 is 0. The number of hydrogen-bond acceptors (Lipinski definition) is 4. The second-order valence-corrected chi connectivity index (χ2v) is 8.14. The third-order valence-corrected chi connectivity index (χ3v) is 5.90. The highest BCUT2D eigenvalue weighted by Crippen LogP contribution is 2.37. The van der Waals surface area contributed by atoms with Gasteiger partial charge in [-0.1, -0.05) is 24.3 Å². The quantitative estimate of drug-likeness (QED) is 0.689.